The second-order valence-electron chi connectivity index (χ2n) is 21.2. The van der Waals surface area contributed by atoms with Crippen molar-refractivity contribution in [3.8, 4) is 34.8 Å². The average Bonchev–Trinajstić information content (AvgIpc) is 3.84. The summed E-state index contributed by atoms with van der Waals surface area (Å²) >= 11 is 0. The first-order valence-corrected chi connectivity index (χ1v) is 26.0. The first-order valence-electron chi connectivity index (χ1n) is 26.0. The predicted octanol–water partition coefficient (Wildman–Crippen LogP) is 6.68. The number of hydrogen-bond donors (Lipinski definition) is 8. The van der Waals surface area contributed by atoms with Crippen LogP contribution in [-0.4, -0.2) is 111 Å². The number of benzene rings is 3. The third-order valence-corrected chi connectivity index (χ3v) is 16.9. The van der Waals surface area contributed by atoms with Crippen molar-refractivity contribution in [2.45, 2.75) is 121 Å². The highest BCUT2D eigenvalue weighted by molar-refractivity contribution is 5.94. The first-order chi connectivity index (χ1) is 34.9. The molecule has 0 radical (unpaired) electrons. The van der Waals surface area contributed by atoms with Crippen LogP contribution in [0, 0.1) is 52.8 Å². The summed E-state index contributed by atoms with van der Waals surface area (Å²) in [6, 6.07) is 16.4. The fraction of sp³-hybridized carbons (Fsp3) is 0.534. The van der Waals surface area contributed by atoms with Crippen molar-refractivity contribution >= 4 is 34.5 Å². The lowest BCUT2D eigenvalue weighted by atomic mass is 9.46. The standard InChI is InChI=1S/C58H70N2O12/c1-33(64)31-59-50-30-58(48(32-63)41(50)10-7-19-61)29-35-23-46-43-27-52(68)53(70-2)28-44(43)45(56(35)42-17-15-36(65)26-47(42)58)25-37(66)24-38(16-13-34-14-18-51(67)54(22-34)71-21-20-62)72-55(69)12-6-4-9-40-39-8-3-5-11-49(39)60-57(40)46/h3,5,8,11,14,18,22-23,27-28,32-33,35-36,38,41-42,45,47-48,50,56,59-62,64-65,67-68H,7,9-10,12-13,15-17,19-21,24-26,29-31H2,1-2H3. The minimum absolute atomic E-state index is 0.00324. The summed E-state index contributed by atoms with van der Waals surface area (Å²) in [6.07, 6.45) is 6.26. The van der Waals surface area contributed by atoms with Gasteiger partial charge in [-0.2, -0.15) is 0 Å². The highest BCUT2D eigenvalue weighted by atomic mass is 16.5. The van der Waals surface area contributed by atoms with E-state index in [1.54, 1.807) is 25.1 Å². The fourth-order valence-corrected chi connectivity index (χ4v) is 14.1. The van der Waals surface area contributed by atoms with Crippen LogP contribution in [0.4, 0.5) is 0 Å². The minimum Gasteiger partial charge on any atom is -0.504 e. The second kappa shape index (κ2) is 22.2. The molecule has 2 heterocycles. The number of hydrogen-bond acceptors (Lipinski definition) is 13. The summed E-state index contributed by atoms with van der Waals surface area (Å²) in [6.45, 7) is 1.84. The molecule has 2 bridgehead atoms. The number of methoxy groups -OCH3 is 1. The Kier molecular flexibility index (Phi) is 15.8. The van der Waals surface area contributed by atoms with Crippen molar-refractivity contribution in [2.24, 2.45) is 40.9 Å². The van der Waals surface area contributed by atoms with Crippen LogP contribution < -0.4 is 14.8 Å². The number of phenols is 2. The van der Waals surface area contributed by atoms with Crippen LogP contribution in [0.25, 0.3) is 16.5 Å². The van der Waals surface area contributed by atoms with Crippen LogP contribution in [0.5, 0.6) is 23.0 Å². The number of H-pyrrole nitrogens is 1. The molecule has 12 atom stereocenters. The molecule has 3 aromatic carbocycles. The largest absolute Gasteiger partial charge is 0.504 e. The third-order valence-electron chi connectivity index (χ3n) is 16.9. The molecule has 3 fully saturated rings. The maximum atomic E-state index is 15.2. The van der Waals surface area contributed by atoms with E-state index in [2.05, 4.69) is 28.2 Å². The van der Waals surface area contributed by atoms with Crippen molar-refractivity contribution < 1.29 is 59.2 Å². The van der Waals surface area contributed by atoms with Gasteiger partial charge >= 0.3 is 5.97 Å². The number of nitrogens with one attached hydrogen (secondary N) is 2. The highest BCUT2D eigenvalue weighted by Crippen LogP contribution is 2.68. The van der Waals surface area contributed by atoms with E-state index < -0.39 is 41.5 Å². The molecule has 5 aliphatic rings. The van der Waals surface area contributed by atoms with E-state index in [-0.39, 0.29) is 116 Å². The number of ether oxygens (including phenoxy) is 3. The molecule has 1 aromatic heterocycles. The van der Waals surface area contributed by atoms with Gasteiger partial charge in [-0.05, 0) is 158 Å². The zero-order chi connectivity index (χ0) is 50.7. The Balaban J connectivity index is 1.21. The number of aryl methyl sites for hydroxylation is 1. The number of esters is 1. The summed E-state index contributed by atoms with van der Waals surface area (Å²) in [4.78, 5) is 46.5. The lowest BCUT2D eigenvalue weighted by Crippen LogP contribution is -2.54. The maximum Gasteiger partial charge on any atom is 0.318 e. The predicted molar refractivity (Wildman–Crippen MR) is 270 cm³/mol. The van der Waals surface area contributed by atoms with E-state index >= 15 is 4.79 Å². The zero-order valence-corrected chi connectivity index (χ0v) is 41.4. The molecule has 384 valence electrons. The smallest absolute Gasteiger partial charge is 0.318 e. The van der Waals surface area contributed by atoms with Crippen molar-refractivity contribution in [3.05, 3.63) is 88.6 Å². The number of aromatic nitrogens is 1. The molecule has 4 aromatic rings. The molecule has 0 saturated heterocycles. The Morgan fingerprint density at radius 1 is 0.972 bits per heavy atom. The number of carbonyl (C=O) groups is 3. The van der Waals surface area contributed by atoms with Crippen molar-refractivity contribution in [1.29, 1.82) is 0 Å². The number of fused-ring (bicyclic) bond motifs is 9. The Labute approximate surface area is 421 Å². The number of ketones is 1. The number of aromatic hydroxyl groups is 2. The Morgan fingerprint density at radius 2 is 1.79 bits per heavy atom. The Bertz CT molecular complexity index is 2720. The molecule has 14 nitrogen and oxygen atoms in total. The van der Waals surface area contributed by atoms with Crippen molar-refractivity contribution in [1.82, 2.24) is 10.3 Å². The Morgan fingerprint density at radius 3 is 2.57 bits per heavy atom. The van der Waals surface area contributed by atoms with Gasteiger partial charge in [-0.1, -0.05) is 42.2 Å². The first kappa shape index (κ1) is 51.2. The number of para-hydroxylation sites is 1. The van der Waals surface area contributed by atoms with E-state index in [9.17, 15) is 40.2 Å². The molecule has 12 unspecified atom stereocenters. The van der Waals surface area contributed by atoms with E-state index in [1.807, 2.05) is 30.3 Å². The van der Waals surface area contributed by atoms with Gasteiger partial charge in [-0.25, -0.2) is 0 Å². The van der Waals surface area contributed by atoms with Crippen molar-refractivity contribution in [2.75, 3.05) is 33.5 Å². The molecule has 3 saturated carbocycles. The summed E-state index contributed by atoms with van der Waals surface area (Å²) in [5.41, 5.74) is 5.23. The molecule has 1 aliphatic heterocycles. The Hall–Kier alpha value is -5.69. The van der Waals surface area contributed by atoms with Crippen molar-refractivity contribution in [3.63, 3.8) is 0 Å². The van der Waals surface area contributed by atoms with E-state index in [0.29, 0.717) is 57.9 Å². The topological polar surface area (TPSA) is 228 Å². The number of cyclic esters (lactones) is 1. The molecule has 0 amide bonds. The normalized spacial score (nSPS) is 29.7. The van der Waals surface area contributed by atoms with Gasteiger partial charge in [0.15, 0.2) is 23.0 Å². The summed E-state index contributed by atoms with van der Waals surface area (Å²) < 4.78 is 17.5. The lowest BCUT2D eigenvalue weighted by molar-refractivity contribution is -0.149. The zero-order valence-electron chi connectivity index (χ0n) is 41.4. The number of Topliss-reactive ketones (excluding diaryl/α,β-unsaturated/α-hetero) is 1. The minimum atomic E-state index is -0.819. The number of carbonyl (C=O) groups excluding carboxylic acids is 3. The molecule has 72 heavy (non-hydrogen) atoms. The summed E-state index contributed by atoms with van der Waals surface area (Å²) in [7, 11) is 1.51. The maximum absolute atomic E-state index is 15.2. The average molecular weight is 987 g/mol. The van der Waals surface area contributed by atoms with Crippen LogP contribution in [0.2, 0.25) is 0 Å². The molecular weight excluding hydrogens is 917 g/mol. The van der Waals surface area contributed by atoms with Gasteiger partial charge in [0, 0.05) is 60.8 Å². The number of aliphatic hydroxyl groups excluding tert-OH is 4. The molecule has 9 rings (SSSR count). The van der Waals surface area contributed by atoms with Gasteiger partial charge in [0.1, 0.15) is 31.2 Å². The quantitative estimate of drug-likeness (QED) is 0.0375. The molecular formula is C58H70N2O12. The second-order valence-corrected chi connectivity index (χ2v) is 21.2. The number of aldehydes is 1. The highest BCUT2D eigenvalue weighted by Gasteiger charge is 2.64. The van der Waals surface area contributed by atoms with Crippen LogP contribution in [0.3, 0.4) is 0 Å². The number of aromatic amines is 1. The van der Waals surface area contributed by atoms with Crippen LogP contribution in [0.15, 0.2) is 60.7 Å². The van der Waals surface area contributed by atoms with Gasteiger partial charge in [-0.3, -0.25) is 9.59 Å². The van der Waals surface area contributed by atoms with E-state index in [4.69, 9.17) is 14.2 Å². The molecule has 8 N–H and O–H groups in total. The van der Waals surface area contributed by atoms with Crippen LogP contribution >= 0.6 is 0 Å². The summed E-state index contributed by atoms with van der Waals surface area (Å²) in [5, 5.41) is 68.4. The van der Waals surface area contributed by atoms with Gasteiger partial charge in [0.05, 0.1) is 31.6 Å². The number of phenolic OH excluding ortho intramolecular Hbond substituents is 2. The van der Waals surface area contributed by atoms with Gasteiger partial charge in [0.25, 0.3) is 0 Å². The third kappa shape index (κ3) is 10.3. The SMILES string of the molecule is COc1cc2c(cc1O)C1=CC3CC4(CC(NCC(C)O)C(CCCO)C4C=O)C4CC(O)CCC4C3C2CC(=O)CC(CCc2ccc(O)c(OCCO)c2)OC(=O)CC#CCc2c1[nH]c1ccccc21. The van der Waals surface area contributed by atoms with E-state index in [1.165, 1.54) is 13.2 Å². The number of aliphatic hydroxyl groups is 4. The van der Waals surface area contributed by atoms with Gasteiger partial charge in [0.2, 0.25) is 0 Å². The number of allylic oxidation sites excluding steroid dienone is 1. The monoisotopic (exact) mass is 986 g/mol. The molecule has 4 aliphatic carbocycles. The summed E-state index contributed by atoms with van der Waals surface area (Å²) in [5.74, 6) is 4.50. The van der Waals surface area contributed by atoms with Gasteiger partial charge in [-0.15, -0.1) is 0 Å². The van der Waals surface area contributed by atoms with E-state index in [0.717, 1.165) is 50.7 Å². The number of rotatable bonds is 14. The van der Waals surface area contributed by atoms with Crippen LogP contribution in [-0.2, 0) is 32.0 Å². The fourth-order valence-electron chi connectivity index (χ4n) is 14.1. The molecule has 14 heteroatoms. The van der Waals surface area contributed by atoms with Crippen LogP contribution in [0.1, 0.15) is 111 Å². The molecule has 1 spiro atoms. The lowest BCUT2D eigenvalue weighted by Gasteiger charge is -2.58. The van der Waals surface area contributed by atoms with Gasteiger partial charge < -0.3 is 59.9 Å².